The number of esters is 1. The fourth-order valence-corrected chi connectivity index (χ4v) is 0.662. The van der Waals surface area contributed by atoms with Crippen molar-refractivity contribution in [2.45, 2.75) is 32.8 Å². The molecule has 0 spiro atoms. The van der Waals surface area contributed by atoms with Gasteiger partial charge in [-0.3, -0.25) is 4.79 Å². The highest BCUT2D eigenvalue weighted by Gasteiger charge is 2.07. The van der Waals surface area contributed by atoms with Crippen molar-refractivity contribution < 1.29 is 9.53 Å². The van der Waals surface area contributed by atoms with Crippen LogP contribution >= 0.6 is 11.6 Å². The van der Waals surface area contributed by atoms with Crippen LogP contribution in [0.3, 0.4) is 0 Å². The van der Waals surface area contributed by atoms with Crippen molar-refractivity contribution in [1.29, 1.82) is 0 Å². The summed E-state index contributed by atoms with van der Waals surface area (Å²) in [4.78, 5) is 10.8. The van der Waals surface area contributed by atoms with Crippen molar-refractivity contribution in [1.82, 2.24) is 0 Å². The maximum Gasteiger partial charge on any atom is 0.307 e. The average Bonchev–Trinajstić information content (AvgIpc) is 1.58. The van der Waals surface area contributed by atoms with Gasteiger partial charge in [-0.15, -0.1) is 0 Å². The smallest absolute Gasteiger partial charge is 0.307 e. The third kappa shape index (κ3) is 5.89. The molecule has 0 saturated heterocycles. The molecule has 0 rings (SSSR count). The van der Waals surface area contributed by atoms with E-state index in [1.165, 1.54) is 0 Å². The molecule has 0 aromatic carbocycles. The number of hydrogen-bond donors (Lipinski definition) is 0. The zero-order valence-corrected chi connectivity index (χ0v) is 7.31. The minimum Gasteiger partial charge on any atom is -0.446 e. The first-order valence-corrected chi connectivity index (χ1v) is 3.79. The van der Waals surface area contributed by atoms with E-state index < -0.39 is 5.56 Å². The van der Waals surface area contributed by atoms with Gasteiger partial charge < -0.3 is 4.74 Å². The van der Waals surface area contributed by atoms with Gasteiger partial charge in [0.2, 0.25) is 0 Å². The van der Waals surface area contributed by atoms with Crippen LogP contribution in [0.1, 0.15) is 27.2 Å². The molecule has 3 heteroatoms. The minimum atomic E-state index is -0.508. The lowest BCUT2D eigenvalue weighted by atomic mass is 10.1. The highest BCUT2D eigenvalue weighted by atomic mass is 35.5. The molecule has 0 saturated carbocycles. The van der Waals surface area contributed by atoms with Gasteiger partial charge in [0, 0.05) is 6.42 Å². The normalized spacial score (nSPS) is 13.3. The van der Waals surface area contributed by atoms with Crippen molar-refractivity contribution in [2.75, 3.05) is 0 Å². The highest BCUT2D eigenvalue weighted by molar-refractivity contribution is 6.19. The van der Waals surface area contributed by atoms with Gasteiger partial charge in [0.25, 0.3) is 0 Å². The molecule has 0 N–H and O–H groups in total. The molecule has 60 valence electrons. The molecule has 0 aliphatic rings. The fraction of sp³-hybridized carbons (Fsp3) is 0.857. The predicted octanol–water partition coefficient (Wildman–Crippen LogP) is 2.16. The molecule has 0 aliphatic carbocycles. The zero-order chi connectivity index (χ0) is 8.15. The van der Waals surface area contributed by atoms with Crippen LogP contribution in [-0.4, -0.2) is 11.5 Å². The van der Waals surface area contributed by atoms with Gasteiger partial charge >= 0.3 is 5.97 Å². The standard InChI is InChI=1S/C7H13ClO2/c1-5(2)4-7(9)10-6(3)8/h5-6H,4H2,1-3H3/t6-/m1/s1. The summed E-state index contributed by atoms with van der Waals surface area (Å²) in [6.07, 6.45) is 0.442. The number of carbonyl (C=O) groups is 1. The fourth-order valence-electron chi connectivity index (χ4n) is 0.563. The van der Waals surface area contributed by atoms with Gasteiger partial charge in [0.1, 0.15) is 0 Å². The number of ether oxygens (including phenoxy) is 1. The lowest BCUT2D eigenvalue weighted by molar-refractivity contribution is -0.145. The number of rotatable bonds is 3. The average molecular weight is 165 g/mol. The Morgan fingerprint density at radius 2 is 2.00 bits per heavy atom. The maximum absolute atomic E-state index is 10.8. The van der Waals surface area contributed by atoms with E-state index in [1.807, 2.05) is 13.8 Å². The molecule has 0 aliphatic heterocycles. The van der Waals surface area contributed by atoms with Crippen molar-refractivity contribution in [3.05, 3.63) is 0 Å². The summed E-state index contributed by atoms with van der Waals surface area (Å²) >= 11 is 5.41. The van der Waals surface area contributed by atoms with Crippen LogP contribution in [0, 0.1) is 5.92 Å². The van der Waals surface area contributed by atoms with Gasteiger partial charge in [-0.1, -0.05) is 25.4 Å². The second-order valence-electron chi connectivity index (χ2n) is 2.63. The number of hydrogen-bond acceptors (Lipinski definition) is 2. The van der Waals surface area contributed by atoms with Gasteiger partial charge in [-0.05, 0) is 12.8 Å². The van der Waals surface area contributed by atoms with Crippen LogP contribution in [-0.2, 0) is 9.53 Å². The van der Waals surface area contributed by atoms with Crippen molar-refractivity contribution in [3.8, 4) is 0 Å². The Balaban J connectivity index is 3.44. The lowest BCUT2D eigenvalue weighted by Gasteiger charge is -2.06. The summed E-state index contributed by atoms with van der Waals surface area (Å²) in [5.41, 5.74) is -0.508. The molecule has 0 fully saturated rings. The van der Waals surface area contributed by atoms with Crippen LogP contribution in [0.5, 0.6) is 0 Å². The van der Waals surface area contributed by atoms with E-state index in [2.05, 4.69) is 4.74 Å². The van der Waals surface area contributed by atoms with Crippen molar-refractivity contribution in [2.24, 2.45) is 5.92 Å². The number of carbonyl (C=O) groups excluding carboxylic acids is 1. The van der Waals surface area contributed by atoms with E-state index in [9.17, 15) is 4.79 Å². The molecule has 0 unspecified atom stereocenters. The Morgan fingerprint density at radius 1 is 1.50 bits per heavy atom. The number of halogens is 1. The van der Waals surface area contributed by atoms with Crippen LogP contribution in [0.25, 0.3) is 0 Å². The lowest BCUT2D eigenvalue weighted by Crippen LogP contribution is -2.11. The molecule has 10 heavy (non-hydrogen) atoms. The molecule has 0 aromatic heterocycles. The SMILES string of the molecule is CC(C)CC(=O)O[C@H](C)Cl. The van der Waals surface area contributed by atoms with Gasteiger partial charge in [0.15, 0.2) is 5.56 Å². The van der Waals surface area contributed by atoms with Gasteiger partial charge in [-0.2, -0.15) is 0 Å². The first-order valence-electron chi connectivity index (χ1n) is 3.36. The quantitative estimate of drug-likeness (QED) is 0.472. The van der Waals surface area contributed by atoms with Crippen LogP contribution in [0.15, 0.2) is 0 Å². The Bertz CT molecular complexity index is 98.2. The molecular weight excluding hydrogens is 152 g/mol. The number of alkyl halides is 1. The van der Waals surface area contributed by atoms with Crippen LogP contribution in [0.4, 0.5) is 0 Å². The Morgan fingerprint density at radius 3 is 2.30 bits per heavy atom. The second kappa shape index (κ2) is 4.56. The summed E-state index contributed by atoms with van der Waals surface area (Å²) in [7, 11) is 0. The van der Waals surface area contributed by atoms with E-state index in [-0.39, 0.29) is 5.97 Å². The van der Waals surface area contributed by atoms with E-state index in [1.54, 1.807) is 6.92 Å². The minimum absolute atomic E-state index is 0.225. The largest absolute Gasteiger partial charge is 0.446 e. The summed E-state index contributed by atoms with van der Waals surface area (Å²) in [6, 6.07) is 0. The monoisotopic (exact) mass is 164 g/mol. The molecule has 2 nitrogen and oxygen atoms in total. The first kappa shape index (κ1) is 9.76. The van der Waals surface area contributed by atoms with Crippen molar-refractivity contribution >= 4 is 17.6 Å². The highest BCUT2D eigenvalue weighted by Crippen LogP contribution is 2.04. The molecule has 1 atom stereocenters. The zero-order valence-electron chi connectivity index (χ0n) is 6.56. The van der Waals surface area contributed by atoms with E-state index in [4.69, 9.17) is 11.6 Å². The molecule has 0 amide bonds. The predicted molar refractivity (Wildman–Crippen MR) is 40.9 cm³/mol. The molecular formula is C7H13ClO2. The van der Waals surface area contributed by atoms with Gasteiger partial charge in [-0.25, -0.2) is 0 Å². The Kier molecular flexibility index (Phi) is 4.45. The van der Waals surface area contributed by atoms with E-state index in [0.29, 0.717) is 12.3 Å². The summed E-state index contributed by atoms with van der Waals surface area (Å²) < 4.78 is 4.69. The topological polar surface area (TPSA) is 26.3 Å². The summed E-state index contributed by atoms with van der Waals surface area (Å²) in [5, 5.41) is 0. The summed E-state index contributed by atoms with van der Waals surface area (Å²) in [6.45, 7) is 5.54. The molecule has 0 radical (unpaired) electrons. The molecule has 0 heterocycles. The van der Waals surface area contributed by atoms with E-state index >= 15 is 0 Å². The first-order chi connectivity index (χ1) is 4.52. The second-order valence-corrected chi connectivity index (χ2v) is 3.25. The molecule has 0 aromatic rings. The Hall–Kier alpha value is -0.240. The Labute approximate surface area is 66.5 Å². The summed E-state index contributed by atoms with van der Waals surface area (Å²) in [5.74, 6) is 0.111. The van der Waals surface area contributed by atoms with Crippen LogP contribution in [0.2, 0.25) is 0 Å². The van der Waals surface area contributed by atoms with Crippen molar-refractivity contribution in [3.63, 3.8) is 0 Å². The maximum atomic E-state index is 10.8. The third-order valence-corrected chi connectivity index (χ3v) is 0.958. The van der Waals surface area contributed by atoms with Gasteiger partial charge in [0.05, 0.1) is 0 Å². The van der Waals surface area contributed by atoms with E-state index in [0.717, 1.165) is 0 Å². The van der Waals surface area contributed by atoms with Crippen LogP contribution < -0.4 is 0 Å². The molecule has 0 bridgehead atoms. The third-order valence-electron chi connectivity index (χ3n) is 0.869.